The average Bonchev–Trinajstić information content (AvgIpc) is 2.27. The first-order valence-electron chi connectivity index (χ1n) is 5.24. The van der Waals surface area contributed by atoms with E-state index in [4.69, 9.17) is 0 Å². The molecule has 90 valence electrons. The highest BCUT2D eigenvalue weighted by molar-refractivity contribution is 9.10. The van der Waals surface area contributed by atoms with Crippen LogP contribution in [0.3, 0.4) is 0 Å². The predicted molar refractivity (Wildman–Crippen MR) is 75.0 cm³/mol. The summed E-state index contributed by atoms with van der Waals surface area (Å²) in [4.78, 5) is 2.16. The second kappa shape index (κ2) is 7.33. The topological polar surface area (TPSA) is 23.5 Å². The van der Waals surface area contributed by atoms with Crippen molar-refractivity contribution in [1.29, 1.82) is 0 Å². The Hall–Kier alpha value is -0.0300. The third-order valence-corrected chi connectivity index (χ3v) is 3.54. The van der Waals surface area contributed by atoms with E-state index in [1.807, 2.05) is 43.1 Å². The Morgan fingerprint density at radius 1 is 1.38 bits per heavy atom. The molecule has 0 aliphatic rings. The number of hydrogen-bond donors (Lipinski definition) is 1. The minimum atomic E-state index is -0.403. The molecule has 0 aliphatic heterocycles. The lowest BCUT2D eigenvalue weighted by atomic mass is 10.1. The van der Waals surface area contributed by atoms with Crippen molar-refractivity contribution in [2.45, 2.75) is 6.10 Å². The number of aliphatic hydroxyl groups is 1. The number of halogens is 1. The number of nitrogens with zero attached hydrogens (tertiary/aromatic N) is 1. The number of hydrogen-bond acceptors (Lipinski definition) is 3. The number of likely N-dealkylation sites (N-methyl/N-ethyl adjacent to an activating group) is 1. The van der Waals surface area contributed by atoms with Crippen LogP contribution in [0.2, 0.25) is 0 Å². The quantitative estimate of drug-likeness (QED) is 0.874. The van der Waals surface area contributed by atoms with E-state index >= 15 is 0 Å². The van der Waals surface area contributed by atoms with E-state index in [9.17, 15) is 5.11 Å². The second-order valence-corrected chi connectivity index (χ2v) is 5.72. The van der Waals surface area contributed by atoms with Gasteiger partial charge in [-0.15, -0.1) is 0 Å². The van der Waals surface area contributed by atoms with Crippen molar-refractivity contribution in [1.82, 2.24) is 4.90 Å². The fourth-order valence-corrected chi connectivity index (χ4v) is 2.18. The molecule has 0 saturated heterocycles. The van der Waals surface area contributed by atoms with Crippen LogP contribution < -0.4 is 0 Å². The van der Waals surface area contributed by atoms with Gasteiger partial charge in [0.05, 0.1) is 6.10 Å². The monoisotopic (exact) mass is 303 g/mol. The molecule has 1 rings (SSSR count). The molecule has 0 aliphatic carbocycles. The molecule has 0 heterocycles. The molecule has 0 amide bonds. The van der Waals surface area contributed by atoms with Crippen molar-refractivity contribution in [2.24, 2.45) is 0 Å². The van der Waals surface area contributed by atoms with Gasteiger partial charge in [-0.05, 0) is 31.0 Å². The van der Waals surface area contributed by atoms with Crippen LogP contribution in [0.25, 0.3) is 0 Å². The zero-order valence-corrected chi connectivity index (χ0v) is 12.1. The van der Waals surface area contributed by atoms with Crippen LogP contribution in [-0.4, -0.2) is 42.2 Å². The molecule has 0 saturated carbocycles. The van der Waals surface area contributed by atoms with Crippen molar-refractivity contribution in [2.75, 3.05) is 32.1 Å². The Balaban J connectivity index is 2.45. The Kier molecular flexibility index (Phi) is 6.43. The molecule has 0 radical (unpaired) electrons. The molecule has 1 atom stereocenters. The molecule has 0 spiro atoms. The summed E-state index contributed by atoms with van der Waals surface area (Å²) in [6, 6.07) is 7.83. The molecule has 0 aromatic heterocycles. The summed E-state index contributed by atoms with van der Waals surface area (Å²) in [6.07, 6.45) is 1.69. The molecule has 1 aromatic carbocycles. The summed E-state index contributed by atoms with van der Waals surface area (Å²) in [7, 11) is 2.04. The van der Waals surface area contributed by atoms with Crippen molar-refractivity contribution in [3.8, 4) is 0 Å². The average molecular weight is 304 g/mol. The van der Waals surface area contributed by atoms with Crippen LogP contribution >= 0.6 is 27.7 Å². The molecule has 1 N–H and O–H groups in total. The van der Waals surface area contributed by atoms with E-state index < -0.39 is 6.10 Å². The smallest absolute Gasteiger partial charge is 0.0916 e. The first-order valence-corrected chi connectivity index (χ1v) is 7.43. The van der Waals surface area contributed by atoms with Crippen LogP contribution in [0.1, 0.15) is 11.7 Å². The van der Waals surface area contributed by atoms with Crippen LogP contribution in [0.4, 0.5) is 0 Å². The maximum atomic E-state index is 10.0. The summed E-state index contributed by atoms with van der Waals surface area (Å²) < 4.78 is 1.04. The van der Waals surface area contributed by atoms with Gasteiger partial charge in [-0.2, -0.15) is 11.8 Å². The summed E-state index contributed by atoms with van der Waals surface area (Å²) in [5, 5.41) is 10.0. The SMILES string of the molecule is CSCCN(C)CC(O)c1ccc(Br)cc1. The van der Waals surface area contributed by atoms with E-state index in [0.29, 0.717) is 6.54 Å². The van der Waals surface area contributed by atoms with Gasteiger partial charge >= 0.3 is 0 Å². The van der Waals surface area contributed by atoms with Crippen LogP contribution in [0.15, 0.2) is 28.7 Å². The highest BCUT2D eigenvalue weighted by Gasteiger charge is 2.09. The van der Waals surface area contributed by atoms with Crippen molar-refractivity contribution >= 4 is 27.7 Å². The molecule has 1 unspecified atom stereocenters. The number of rotatable bonds is 6. The van der Waals surface area contributed by atoms with Gasteiger partial charge in [0.15, 0.2) is 0 Å². The Morgan fingerprint density at radius 2 is 2.00 bits per heavy atom. The number of aliphatic hydroxyl groups excluding tert-OH is 1. The zero-order valence-electron chi connectivity index (χ0n) is 9.69. The standard InChI is InChI=1S/C12H18BrNOS/c1-14(7-8-16-2)9-12(15)10-3-5-11(13)6-4-10/h3-6,12,15H,7-9H2,1-2H3. The van der Waals surface area contributed by atoms with Gasteiger partial charge in [0.1, 0.15) is 0 Å². The second-order valence-electron chi connectivity index (χ2n) is 3.82. The Bertz CT molecular complexity index is 304. The van der Waals surface area contributed by atoms with Crippen molar-refractivity contribution < 1.29 is 5.11 Å². The minimum absolute atomic E-state index is 0.403. The van der Waals surface area contributed by atoms with Crippen LogP contribution in [-0.2, 0) is 0 Å². The lowest BCUT2D eigenvalue weighted by Gasteiger charge is -2.20. The van der Waals surface area contributed by atoms with Gasteiger partial charge in [-0.1, -0.05) is 28.1 Å². The maximum absolute atomic E-state index is 10.0. The zero-order chi connectivity index (χ0) is 12.0. The van der Waals surface area contributed by atoms with Gasteiger partial charge in [0.2, 0.25) is 0 Å². The van der Waals surface area contributed by atoms with Crippen LogP contribution in [0.5, 0.6) is 0 Å². The number of thioether (sulfide) groups is 1. The van der Waals surface area contributed by atoms with Gasteiger partial charge in [0, 0.05) is 23.3 Å². The highest BCUT2D eigenvalue weighted by Crippen LogP contribution is 2.17. The first-order chi connectivity index (χ1) is 7.63. The normalized spacial score (nSPS) is 13.1. The molecule has 0 bridgehead atoms. The van der Waals surface area contributed by atoms with Gasteiger partial charge in [-0.25, -0.2) is 0 Å². The molecule has 1 aromatic rings. The minimum Gasteiger partial charge on any atom is -0.387 e. The first kappa shape index (κ1) is 14.0. The van der Waals surface area contributed by atoms with Crippen LogP contribution in [0, 0.1) is 0 Å². The van der Waals surface area contributed by atoms with E-state index in [2.05, 4.69) is 27.1 Å². The predicted octanol–water partition coefficient (Wildman–Crippen LogP) is 2.78. The fraction of sp³-hybridized carbons (Fsp3) is 0.500. The van der Waals surface area contributed by atoms with Gasteiger partial charge < -0.3 is 10.0 Å². The molecule has 4 heteroatoms. The number of benzene rings is 1. The van der Waals surface area contributed by atoms with Crippen molar-refractivity contribution in [3.63, 3.8) is 0 Å². The van der Waals surface area contributed by atoms with Crippen molar-refractivity contribution in [3.05, 3.63) is 34.3 Å². The summed E-state index contributed by atoms with van der Waals surface area (Å²) in [6.45, 7) is 1.69. The van der Waals surface area contributed by atoms with E-state index in [1.54, 1.807) is 0 Å². The molecular weight excluding hydrogens is 286 g/mol. The third-order valence-electron chi connectivity index (χ3n) is 2.42. The van der Waals surface area contributed by atoms with E-state index in [1.165, 1.54) is 0 Å². The summed E-state index contributed by atoms with van der Waals surface area (Å²) in [5.74, 6) is 1.10. The molecule has 2 nitrogen and oxygen atoms in total. The molecular formula is C12H18BrNOS. The lowest BCUT2D eigenvalue weighted by Crippen LogP contribution is -2.26. The maximum Gasteiger partial charge on any atom is 0.0916 e. The third kappa shape index (κ3) is 4.87. The van der Waals surface area contributed by atoms with Gasteiger partial charge in [-0.3, -0.25) is 0 Å². The molecule has 16 heavy (non-hydrogen) atoms. The lowest BCUT2D eigenvalue weighted by molar-refractivity contribution is 0.130. The Morgan fingerprint density at radius 3 is 2.56 bits per heavy atom. The van der Waals surface area contributed by atoms with E-state index in [-0.39, 0.29) is 0 Å². The van der Waals surface area contributed by atoms with E-state index in [0.717, 1.165) is 22.3 Å². The Labute approximate surface area is 110 Å². The summed E-state index contributed by atoms with van der Waals surface area (Å²) >= 11 is 5.21. The highest BCUT2D eigenvalue weighted by atomic mass is 79.9. The largest absolute Gasteiger partial charge is 0.387 e. The van der Waals surface area contributed by atoms with Gasteiger partial charge in [0.25, 0.3) is 0 Å². The molecule has 0 fully saturated rings. The fourth-order valence-electron chi connectivity index (χ4n) is 1.42. The summed E-state index contributed by atoms with van der Waals surface area (Å²) in [5.41, 5.74) is 0.971.